The van der Waals surface area contributed by atoms with Gasteiger partial charge < -0.3 is 10.1 Å². The lowest BCUT2D eigenvalue weighted by Gasteiger charge is -2.40. The Hall–Kier alpha value is -0.0800. The fourth-order valence-corrected chi connectivity index (χ4v) is 2.89. The van der Waals surface area contributed by atoms with Crippen molar-refractivity contribution >= 4 is 0 Å². The highest BCUT2D eigenvalue weighted by Crippen LogP contribution is 2.36. The Morgan fingerprint density at radius 2 is 2.07 bits per heavy atom. The molecule has 1 aliphatic heterocycles. The van der Waals surface area contributed by atoms with E-state index in [4.69, 9.17) is 4.74 Å². The first-order valence-corrected chi connectivity index (χ1v) is 6.14. The summed E-state index contributed by atoms with van der Waals surface area (Å²) in [5.41, 5.74) is 0. The second-order valence-electron chi connectivity index (χ2n) is 4.87. The van der Waals surface area contributed by atoms with Gasteiger partial charge in [0.15, 0.2) is 0 Å². The lowest BCUT2D eigenvalue weighted by Crippen LogP contribution is -2.46. The van der Waals surface area contributed by atoms with Crippen LogP contribution in [0.4, 0.5) is 0 Å². The molecule has 2 unspecified atom stereocenters. The summed E-state index contributed by atoms with van der Waals surface area (Å²) in [7, 11) is 1.84. The molecule has 1 N–H and O–H groups in total. The number of nitrogens with one attached hydrogen (secondary N) is 1. The summed E-state index contributed by atoms with van der Waals surface area (Å²) in [5, 5.41) is 3.67. The fraction of sp³-hybridized carbons (Fsp3) is 1.00. The van der Waals surface area contributed by atoms with Crippen molar-refractivity contribution in [2.75, 3.05) is 20.3 Å². The van der Waals surface area contributed by atoms with Crippen molar-refractivity contribution in [3.63, 3.8) is 0 Å². The molecule has 2 aliphatic rings. The standard InChI is InChI=1S/C12H23NO/c1-14-9-11(10-5-4-6-10)12-7-2-3-8-13-12/h10-13H,2-9H2,1H3. The van der Waals surface area contributed by atoms with Crippen LogP contribution in [0.5, 0.6) is 0 Å². The number of rotatable bonds is 4. The molecule has 1 saturated heterocycles. The lowest BCUT2D eigenvalue weighted by atomic mass is 9.71. The van der Waals surface area contributed by atoms with Crippen molar-refractivity contribution in [3.05, 3.63) is 0 Å². The van der Waals surface area contributed by atoms with E-state index in [1.54, 1.807) is 0 Å². The van der Waals surface area contributed by atoms with Crippen LogP contribution in [0.15, 0.2) is 0 Å². The van der Waals surface area contributed by atoms with Gasteiger partial charge in [-0.3, -0.25) is 0 Å². The molecule has 0 spiro atoms. The third-order valence-corrected chi connectivity index (χ3v) is 3.98. The smallest absolute Gasteiger partial charge is 0.0508 e. The summed E-state index contributed by atoms with van der Waals surface area (Å²) in [4.78, 5) is 0. The largest absolute Gasteiger partial charge is 0.384 e. The van der Waals surface area contributed by atoms with Gasteiger partial charge >= 0.3 is 0 Å². The van der Waals surface area contributed by atoms with Crippen LogP contribution >= 0.6 is 0 Å². The van der Waals surface area contributed by atoms with E-state index in [2.05, 4.69) is 5.32 Å². The zero-order valence-corrected chi connectivity index (χ0v) is 9.30. The van der Waals surface area contributed by atoms with Crippen LogP contribution < -0.4 is 5.32 Å². The molecule has 82 valence electrons. The molecule has 0 amide bonds. The van der Waals surface area contributed by atoms with Crippen molar-refractivity contribution in [1.82, 2.24) is 5.32 Å². The van der Waals surface area contributed by atoms with Crippen molar-refractivity contribution in [2.24, 2.45) is 11.8 Å². The molecule has 0 aromatic heterocycles. The highest BCUT2D eigenvalue weighted by Gasteiger charge is 2.33. The molecule has 0 radical (unpaired) electrons. The monoisotopic (exact) mass is 197 g/mol. The maximum Gasteiger partial charge on any atom is 0.0508 e. The van der Waals surface area contributed by atoms with Crippen LogP contribution in [0.1, 0.15) is 38.5 Å². The van der Waals surface area contributed by atoms with Crippen LogP contribution in [0.25, 0.3) is 0 Å². The van der Waals surface area contributed by atoms with Gasteiger partial charge in [0.25, 0.3) is 0 Å². The number of ether oxygens (including phenoxy) is 1. The Morgan fingerprint density at radius 1 is 1.21 bits per heavy atom. The summed E-state index contributed by atoms with van der Waals surface area (Å²) in [6.45, 7) is 2.18. The van der Waals surface area contributed by atoms with Gasteiger partial charge in [0, 0.05) is 19.1 Å². The highest BCUT2D eigenvalue weighted by molar-refractivity contribution is 4.87. The summed E-state index contributed by atoms with van der Waals surface area (Å²) >= 11 is 0. The minimum absolute atomic E-state index is 0.744. The highest BCUT2D eigenvalue weighted by atomic mass is 16.5. The van der Waals surface area contributed by atoms with Crippen LogP contribution in [0.2, 0.25) is 0 Å². The first-order chi connectivity index (χ1) is 6.92. The Morgan fingerprint density at radius 3 is 2.57 bits per heavy atom. The lowest BCUT2D eigenvalue weighted by molar-refractivity contribution is 0.0556. The minimum Gasteiger partial charge on any atom is -0.384 e. The molecule has 14 heavy (non-hydrogen) atoms. The maximum absolute atomic E-state index is 5.37. The van der Waals surface area contributed by atoms with Gasteiger partial charge in [-0.2, -0.15) is 0 Å². The van der Waals surface area contributed by atoms with Crippen LogP contribution in [-0.4, -0.2) is 26.3 Å². The van der Waals surface area contributed by atoms with E-state index in [-0.39, 0.29) is 0 Å². The van der Waals surface area contributed by atoms with Gasteiger partial charge in [0.1, 0.15) is 0 Å². The maximum atomic E-state index is 5.37. The van der Waals surface area contributed by atoms with E-state index < -0.39 is 0 Å². The Labute approximate surface area is 87.4 Å². The molecule has 2 atom stereocenters. The number of hydrogen-bond acceptors (Lipinski definition) is 2. The zero-order chi connectivity index (χ0) is 9.80. The summed E-state index contributed by atoms with van der Waals surface area (Å²) in [6, 6.07) is 0.744. The average Bonchev–Trinajstić information content (AvgIpc) is 2.16. The SMILES string of the molecule is COCC(C1CCC1)C1CCCCN1. The molecule has 2 heteroatoms. The third kappa shape index (κ3) is 2.29. The first kappa shape index (κ1) is 10.4. The Balaban J connectivity index is 1.86. The Bertz CT molecular complexity index is 162. The molecular formula is C12H23NO. The van der Waals surface area contributed by atoms with Crippen LogP contribution in [0.3, 0.4) is 0 Å². The first-order valence-electron chi connectivity index (χ1n) is 6.14. The average molecular weight is 197 g/mol. The quantitative estimate of drug-likeness (QED) is 0.746. The van der Waals surface area contributed by atoms with E-state index in [0.717, 1.165) is 24.5 Å². The number of piperidine rings is 1. The molecule has 0 aromatic carbocycles. The summed E-state index contributed by atoms with van der Waals surface area (Å²) < 4.78 is 5.37. The number of hydrogen-bond donors (Lipinski definition) is 1. The number of methoxy groups -OCH3 is 1. The van der Waals surface area contributed by atoms with E-state index in [9.17, 15) is 0 Å². The summed E-state index contributed by atoms with van der Waals surface area (Å²) in [5.74, 6) is 1.74. The molecule has 2 nitrogen and oxygen atoms in total. The molecular weight excluding hydrogens is 174 g/mol. The van der Waals surface area contributed by atoms with Gasteiger partial charge in [-0.25, -0.2) is 0 Å². The minimum atomic E-state index is 0.744. The van der Waals surface area contributed by atoms with Crippen molar-refractivity contribution < 1.29 is 4.74 Å². The van der Waals surface area contributed by atoms with Crippen LogP contribution in [-0.2, 0) is 4.74 Å². The van der Waals surface area contributed by atoms with E-state index in [0.29, 0.717) is 0 Å². The van der Waals surface area contributed by atoms with Gasteiger partial charge in [0.05, 0.1) is 6.61 Å². The van der Waals surface area contributed by atoms with Gasteiger partial charge in [-0.1, -0.05) is 25.7 Å². The van der Waals surface area contributed by atoms with Crippen molar-refractivity contribution in [3.8, 4) is 0 Å². The van der Waals surface area contributed by atoms with Crippen molar-refractivity contribution in [1.29, 1.82) is 0 Å². The van der Waals surface area contributed by atoms with Gasteiger partial charge in [0.2, 0.25) is 0 Å². The molecule has 1 aliphatic carbocycles. The van der Waals surface area contributed by atoms with E-state index in [1.165, 1.54) is 45.1 Å². The van der Waals surface area contributed by atoms with Crippen LogP contribution in [0, 0.1) is 11.8 Å². The molecule has 2 rings (SSSR count). The van der Waals surface area contributed by atoms with Crippen molar-refractivity contribution in [2.45, 2.75) is 44.6 Å². The molecule has 1 saturated carbocycles. The Kier molecular flexibility index (Phi) is 3.82. The van der Waals surface area contributed by atoms with Gasteiger partial charge in [-0.15, -0.1) is 0 Å². The van der Waals surface area contributed by atoms with Gasteiger partial charge in [-0.05, 0) is 25.3 Å². The van der Waals surface area contributed by atoms with E-state index in [1.807, 2.05) is 7.11 Å². The molecule has 0 bridgehead atoms. The van der Waals surface area contributed by atoms with E-state index >= 15 is 0 Å². The zero-order valence-electron chi connectivity index (χ0n) is 9.30. The fourth-order valence-electron chi connectivity index (χ4n) is 2.89. The predicted octanol–water partition coefficient (Wildman–Crippen LogP) is 2.19. The second-order valence-corrected chi connectivity index (χ2v) is 4.87. The normalized spacial score (nSPS) is 31.1. The topological polar surface area (TPSA) is 21.3 Å². The third-order valence-electron chi connectivity index (χ3n) is 3.98. The summed E-state index contributed by atoms with van der Waals surface area (Å²) in [6.07, 6.45) is 8.45. The molecule has 2 fully saturated rings. The second kappa shape index (κ2) is 5.13. The molecule has 0 aromatic rings. The predicted molar refractivity (Wildman–Crippen MR) is 58.3 cm³/mol. The molecule has 1 heterocycles.